The van der Waals surface area contributed by atoms with E-state index in [1.807, 2.05) is 0 Å². The van der Waals surface area contributed by atoms with Gasteiger partial charge in [0.05, 0.1) is 0 Å². The van der Waals surface area contributed by atoms with E-state index in [-0.39, 0.29) is 0 Å². The molecule has 1 saturated carbocycles. The van der Waals surface area contributed by atoms with E-state index in [0.29, 0.717) is 0 Å². The third-order valence-corrected chi connectivity index (χ3v) is 4.24. The Morgan fingerprint density at radius 3 is 2.71 bits per heavy atom. The predicted octanol–water partition coefficient (Wildman–Crippen LogP) is 3.70. The summed E-state index contributed by atoms with van der Waals surface area (Å²) in [6, 6.07) is 0.828. The summed E-state index contributed by atoms with van der Waals surface area (Å²) in [5, 5.41) is 0. The van der Waals surface area contributed by atoms with Gasteiger partial charge in [0.1, 0.15) is 0 Å². The molecule has 2 nitrogen and oxygen atoms in total. The molecule has 102 valence electrons. The van der Waals surface area contributed by atoms with Gasteiger partial charge in [-0.25, -0.2) is 0 Å². The molecule has 0 aromatic carbocycles. The maximum atomic E-state index is 5.13. The van der Waals surface area contributed by atoms with Gasteiger partial charge in [0, 0.05) is 26.3 Å². The monoisotopic (exact) mass is 241 g/mol. The molecule has 2 heteroatoms. The first-order chi connectivity index (χ1) is 8.27. The first-order valence-electron chi connectivity index (χ1n) is 7.47. The minimum atomic E-state index is 0.828. The maximum absolute atomic E-state index is 5.13. The highest BCUT2D eigenvalue weighted by molar-refractivity contribution is 4.76. The summed E-state index contributed by atoms with van der Waals surface area (Å²) in [5.41, 5.74) is 0. The van der Waals surface area contributed by atoms with Gasteiger partial charge in [0.15, 0.2) is 0 Å². The maximum Gasteiger partial charge on any atom is 0.0474 e. The predicted molar refractivity (Wildman–Crippen MR) is 74.4 cm³/mol. The van der Waals surface area contributed by atoms with Crippen molar-refractivity contribution in [3.05, 3.63) is 0 Å². The third-order valence-electron chi connectivity index (χ3n) is 4.24. The second-order valence-electron chi connectivity index (χ2n) is 5.64. The molecule has 0 N–H and O–H groups in total. The molecule has 2 unspecified atom stereocenters. The highest BCUT2D eigenvalue weighted by Crippen LogP contribution is 2.28. The molecule has 0 aliphatic heterocycles. The lowest BCUT2D eigenvalue weighted by Crippen LogP contribution is -2.32. The Bertz CT molecular complexity index is 184. The van der Waals surface area contributed by atoms with Crippen molar-refractivity contribution in [1.82, 2.24) is 4.90 Å². The Labute approximate surface area is 108 Å². The van der Waals surface area contributed by atoms with Gasteiger partial charge in [-0.05, 0) is 38.6 Å². The van der Waals surface area contributed by atoms with Crippen LogP contribution >= 0.6 is 0 Å². The number of nitrogens with zero attached hydrogens (tertiary/aromatic N) is 1. The summed E-state index contributed by atoms with van der Waals surface area (Å²) in [7, 11) is 4.08. The number of ether oxygens (including phenoxy) is 1. The molecule has 1 rings (SSSR count). The van der Waals surface area contributed by atoms with E-state index < -0.39 is 0 Å². The topological polar surface area (TPSA) is 12.5 Å². The van der Waals surface area contributed by atoms with Crippen LogP contribution in [-0.2, 0) is 4.74 Å². The second kappa shape index (κ2) is 8.93. The van der Waals surface area contributed by atoms with E-state index in [4.69, 9.17) is 4.74 Å². The first-order valence-corrected chi connectivity index (χ1v) is 7.47. The van der Waals surface area contributed by atoms with E-state index in [0.717, 1.165) is 18.6 Å². The number of rotatable bonds is 7. The van der Waals surface area contributed by atoms with Crippen LogP contribution in [-0.4, -0.2) is 38.3 Å². The lowest BCUT2D eigenvalue weighted by Gasteiger charge is -2.27. The van der Waals surface area contributed by atoms with E-state index in [1.54, 1.807) is 7.11 Å². The largest absolute Gasteiger partial charge is 0.385 e. The smallest absolute Gasteiger partial charge is 0.0474 e. The zero-order valence-corrected chi connectivity index (χ0v) is 12.1. The lowest BCUT2D eigenvalue weighted by atomic mass is 9.95. The van der Waals surface area contributed by atoms with Gasteiger partial charge in [-0.2, -0.15) is 0 Å². The molecular formula is C15H31NO. The van der Waals surface area contributed by atoms with Crippen molar-refractivity contribution < 1.29 is 4.74 Å². The first kappa shape index (κ1) is 15.0. The Kier molecular flexibility index (Phi) is 7.87. The van der Waals surface area contributed by atoms with Gasteiger partial charge in [-0.15, -0.1) is 0 Å². The molecule has 2 atom stereocenters. The number of hydrogen-bond acceptors (Lipinski definition) is 2. The van der Waals surface area contributed by atoms with Crippen LogP contribution in [0.15, 0.2) is 0 Å². The Hall–Kier alpha value is -0.0800. The van der Waals surface area contributed by atoms with Crippen LogP contribution in [0.5, 0.6) is 0 Å². The fourth-order valence-electron chi connectivity index (χ4n) is 3.14. The molecule has 0 aromatic heterocycles. The van der Waals surface area contributed by atoms with Crippen LogP contribution in [0.2, 0.25) is 0 Å². The fourth-order valence-corrected chi connectivity index (χ4v) is 3.14. The Morgan fingerprint density at radius 1 is 1.18 bits per heavy atom. The SMILES string of the molecule is CCCC1CCCC(N(C)CCCOC)CC1. The second-order valence-corrected chi connectivity index (χ2v) is 5.64. The van der Waals surface area contributed by atoms with Crippen LogP contribution < -0.4 is 0 Å². The van der Waals surface area contributed by atoms with Crippen LogP contribution in [0, 0.1) is 5.92 Å². The summed E-state index contributed by atoms with van der Waals surface area (Å²) >= 11 is 0. The van der Waals surface area contributed by atoms with E-state index in [2.05, 4.69) is 18.9 Å². The molecule has 1 aliphatic carbocycles. The summed E-state index contributed by atoms with van der Waals surface area (Å²) < 4.78 is 5.13. The molecule has 0 aromatic rings. The summed E-state index contributed by atoms with van der Waals surface area (Å²) in [6.07, 6.45) is 11.1. The average molecular weight is 241 g/mol. The summed E-state index contributed by atoms with van der Waals surface area (Å²) in [6.45, 7) is 4.41. The molecule has 17 heavy (non-hydrogen) atoms. The highest BCUT2D eigenvalue weighted by atomic mass is 16.5. The third kappa shape index (κ3) is 5.87. The van der Waals surface area contributed by atoms with E-state index >= 15 is 0 Å². The van der Waals surface area contributed by atoms with Crippen molar-refractivity contribution in [2.45, 2.75) is 64.3 Å². The zero-order valence-electron chi connectivity index (χ0n) is 12.1. The van der Waals surface area contributed by atoms with Crippen molar-refractivity contribution >= 4 is 0 Å². The Balaban J connectivity index is 2.24. The van der Waals surface area contributed by atoms with Crippen molar-refractivity contribution in [2.24, 2.45) is 5.92 Å². The van der Waals surface area contributed by atoms with Gasteiger partial charge >= 0.3 is 0 Å². The molecule has 0 bridgehead atoms. The van der Waals surface area contributed by atoms with Crippen LogP contribution in [0.25, 0.3) is 0 Å². The summed E-state index contributed by atoms with van der Waals surface area (Å²) in [4.78, 5) is 2.56. The fraction of sp³-hybridized carbons (Fsp3) is 1.00. The normalized spacial score (nSPS) is 26.1. The molecule has 0 heterocycles. The number of hydrogen-bond donors (Lipinski definition) is 0. The van der Waals surface area contributed by atoms with E-state index in [1.165, 1.54) is 57.9 Å². The Morgan fingerprint density at radius 2 is 2.00 bits per heavy atom. The van der Waals surface area contributed by atoms with Gasteiger partial charge in [0.25, 0.3) is 0 Å². The van der Waals surface area contributed by atoms with Crippen LogP contribution in [0.1, 0.15) is 58.3 Å². The quantitative estimate of drug-likeness (QED) is 0.498. The molecule has 0 radical (unpaired) electrons. The van der Waals surface area contributed by atoms with Crippen molar-refractivity contribution in [3.8, 4) is 0 Å². The van der Waals surface area contributed by atoms with Crippen LogP contribution in [0.4, 0.5) is 0 Å². The van der Waals surface area contributed by atoms with Gasteiger partial charge in [-0.1, -0.05) is 32.6 Å². The van der Waals surface area contributed by atoms with Crippen LogP contribution in [0.3, 0.4) is 0 Å². The summed E-state index contributed by atoms with van der Waals surface area (Å²) in [5.74, 6) is 1.01. The zero-order chi connectivity index (χ0) is 12.5. The van der Waals surface area contributed by atoms with Gasteiger partial charge < -0.3 is 9.64 Å². The molecule has 0 amide bonds. The average Bonchev–Trinajstić information content (AvgIpc) is 2.55. The number of methoxy groups -OCH3 is 1. The molecule has 1 aliphatic rings. The molecule has 0 spiro atoms. The lowest BCUT2D eigenvalue weighted by molar-refractivity contribution is 0.159. The minimum Gasteiger partial charge on any atom is -0.385 e. The van der Waals surface area contributed by atoms with Gasteiger partial charge in [0.2, 0.25) is 0 Å². The molecular weight excluding hydrogens is 210 g/mol. The van der Waals surface area contributed by atoms with Crippen molar-refractivity contribution in [3.63, 3.8) is 0 Å². The molecule has 1 fully saturated rings. The molecule has 0 saturated heterocycles. The van der Waals surface area contributed by atoms with Crippen molar-refractivity contribution in [2.75, 3.05) is 27.3 Å². The van der Waals surface area contributed by atoms with Crippen molar-refractivity contribution in [1.29, 1.82) is 0 Å². The van der Waals surface area contributed by atoms with Gasteiger partial charge in [-0.3, -0.25) is 0 Å². The highest BCUT2D eigenvalue weighted by Gasteiger charge is 2.20. The van der Waals surface area contributed by atoms with E-state index in [9.17, 15) is 0 Å². The minimum absolute atomic E-state index is 0.828. The standard InChI is InChI=1S/C15H31NO/c1-4-7-14-8-5-9-15(11-10-14)16(2)12-6-13-17-3/h14-15H,4-13H2,1-3H3.